The number of aliphatic hydroxyl groups is 1. The maximum atomic E-state index is 14.7. The number of carbonyl (C=O) groups excluding carboxylic acids is 2. The first-order valence-corrected chi connectivity index (χ1v) is 9.70. The van der Waals surface area contributed by atoms with Crippen LogP contribution in [0.25, 0.3) is 5.76 Å². The van der Waals surface area contributed by atoms with E-state index in [0.29, 0.717) is 12.0 Å². The highest BCUT2D eigenvalue weighted by molar-refractivity contribution is 6.46. The lowest BCUT2D eigenvalue weighted by molar-refractivity contribution is -0.139. The summed E-state index contributed by atoms with van der Waals surface area (Å²) < 4.78 is 14.7. The Labute approximate surface area is 173 Å². The van der Waals surface area contributed by atoms with Gasteiger partial charge in [0.2, 0.25) is 0 Å². The van der Waals surface area contributed by atoms with E-state index in [0.717, 1.165) is 5.56 Å². The van der Waals surface area contributed by atoms with Crippen LogP contribution in [0.3, 0.4) is 0 Å². The molecule has 3 aromatic carbocycles. The van der Waals surface area contributed by atoms with Crippen LogP contribution in [0, 0.1) is 5.82 Å². The molecule has 0 spiro atoms. The van der Waals surface area contributed by atoms with Gasteiger partial charge in [0.25, 0.3) is 11.7 Å². The van der Waals surface area contributed by atoms with Crippen molar-refractivity contribution in [1.82, 2.24) is 4.90 Å². The fourth-order valence-electron chi connectivity index (χ4n) is 3.78. The van der Waals surface area contributed by atoms with E-state index in [1.165, 1.54) is 11.0 Å². The molecule has 5 heteroatoms. The van der Waals surface area contributed by atoms with Crippen molar-refractivity contribution in [2.75, 3.05) is 6.54 Å². The van der Waals surface area contributed by atoms with Gasteiger partial charge in [0.15, 0.2) is 0 Å². The lowest BCUT2D eigenvalue weighted by atomic mass is 9.95. The van der Waals surface area contributed by atoms with Crippen molar-refractivity contribution in [3.05, 3.63) is 113 Å². The molecule has 1 N–H and O–H groups in total. The zero-order valence-corrected chi connectivity index (χ0v) is 16.2. The van der Waals surface area contributed by atoms with Crippen molar-refractivity contribution in [2.24, 2.45) is 0 Å². The summed E-state index contributed by atoms with van der Waals surface area (Å²) in [7, 11) is 0. The summed E-state index contributed by atoms with van der Waals surface area (Å²) in [6, 6.07) is 23.1. The minimum absolute atomic E-state index is 0.0932. The molecule has 0 radical (unpaired) electrons. The predicted molar refractivity (Wildman–Crippen MR) is 112 cm³/mol. The van der Waals surface area contributed by atoms with Crippen LogP contribution in [-0.4, -0.2) is 28.2 Å². The molecule has 0 aromatic heterocycles. The van der Waals surface area contributed by atoms with Crippen molar-refractivity contribution in [2.45, 2.75) is 12.5 Å². The van der Waals surface area contributed by atoms with Crippen molar-refractivity contribution >= 4 is 17.4 Å². The van der Waals surface area contributed by atoms with Gasteiger partial charge in [-0.15, -0.1) is 0 Å². The van der Waals surface area contributed by atoms with E-state index in [-0.39, 0.29) is 23.4 Å². The van der Waals surface area contributed by atoms with Crippen molar-refractivity contribution < 1.29 is 19.1 Å². The second kappa shape index (κ2) is 8.33. The largest absolute Gasteiger partial charge is 0.507 e. The molecule has 30 heavy (non-hydrogen) atoms. The Bertz CT molecular complexity index is 1110. The molecule has 4 nitrogen and oxygen atoms in total. The molecule has 0 saturated carbocycles. The minimum Gasteiger partial charge on any atom is -0.507 e. The Morgan fingerprint density at radius 1 is 0.867 bits per heavy atom. The van der Waals surface area contributed by atoms with E-state index in [1.807, 2.05) is 30.3 Å². The molecule has 150 valence electrons. The number of aliphatic hydroxyl groups excluding tert-OH is 1. The number of nitrogens with zero attached hydrogens (tertiary/aromatic N) is 1. The zero-order valence-electron chi connectivity index (χ0n) is 16.2. The summed E-state index contributed by atoms with van der Waals surface area (Å²) in [5.41, 5.74) is 1.49. The Balaban J connectivity index is 1.80. The molecular formula is C25H20FNO3. The van der Waals surface area contributed by atoms with E-state index in [2.05, 4.69) is 0 Å². The number of halogens is 1. The van der Waals surface area contributed by atoms with Gasteiger partial charge in [0.1, 0.15) is 11.6 Å². The molecule has 1 atom stereocenters. The quantitative estimate of drug-likeness (QED) is 0.389. The Morgan fingerprint density at radius 2 is 1.47 bits per heavy atom. The number of likely N-dealkylation sites (tertiary alicyclic amines) is 1. The monoisotopic (exact) mass is 401 g/mol. The Morgan fingerprint density at radius 3 is 2.13 bits per heavy atom. The standard InChI is InChI=1S/C25H20FNO3/c26-20-14-8-7-13-19(20)22-21(23(28)18-11-5-2-6-12-18)24(29)25(30)27(22)16-15-17-9-3-1-4-10-17/h1-14,22,28H,15-16H2/b23-21-. The first-order chi connectivity index (χ1) is 14.6. The number of carbonyl (C=O) groups is 2. The van der Waals surface area contributed by atoms with Crippen molar-refractivity contribution in [3.63, 3.8) is 0 Å². The minimum atomic E-state index is -0.991. The zero-order chi connectivity index (χ0) is 21.1. The average Bonchev–Trinajstić information content (AvgIpc) is 3.03. The van der Waals surface area contributed by atoms with Gasteiger partial charge in [-0.05, 0) is 18.1 Å². The molecule has 1 heterocycles. The second-order valence-electron chi connectivity index (χ2n) is 7.12. The normalized spacial score (nSPS) is 18.0. The Kier molecular flexibility index (Phi) is 5.44. The molecular weight excluding hydrogens is 381 g/mol. The molecule has 1 aliphatic rings. The SMILES string of the molecule is O=C1C(=O)N(CCc2ccccc2)C(c2ccccc2F)/C1=C(/O)c1ccccc1. The fourth-order valence-corrected chi connectivity index (χ4v) is 3.78. The molecule has 3 aromatic rings. The molecule has 1 fully saturated rings. The topological polar surface area (TPSA) is 57.6 Å². The smallest absolute Gasteiger partial charge is 0.295 e. The van der Waals surface area contributed by atoms with Gasteiger partial charge < -0.3 is 10.0 Å². The molecule has 1 amide bonds. The highest BCUT2D eigenvalue weighted by atomic mass is 19.1. The summed E-state index contributed by atoms with van der Waals surface area (Å²) in [6.07, 6.45) is 0.504. The van der Waals surface area contributed by atoms with Gasteiger partial charge in [-0.3, -0.25) is 9.59 Å². The first kappa shape index (κ1) is 19.6. The van der Waals surface area contributed by atoms with Crippen molar-refractivity contribution in [3.8, 4) is 0 Å². The number of benzene rings is 3. The van der Waals surface area contributed by atoms with E-state index in [1.54, 1.807) is 48.5 Å². The fraction of sp³-hybridized carbons (Fsp3) is 0.120. The predicted octanol–water partition coefficient (Wildman–Crippen LogP) is 4.49. The van der Waals surface area contributed by atoms with Crippen LogP contribution in [0.15, 0.2) is 90.5 Å². The maximum Gasteiger partial charge on any atom is 0.295 e. The van der Waals surface area contributed by atoms with Gasteiger partial charge in [-0.2, -0.15) is 0 Å². The number of hydrogen-bond acceptors (Lipinski definition) is 3. The maximum absolute atomic E-state index is 14.7. The number of Topliss-reactive ketones (excluding diaryl/α,β-unsaturated/α-hetero) is 1. The summed E-state index contributed by atoms with van der Waals surface area (Å²) in [6.45, 7) is 0.221. The number of hydrogen-bond donors (Lipinski definition) is 1. The van der Waals surface area contributed by atoms with Gasteiger partial charge in [-0.1, -0.05) is 78.9 Å². The highest BCUT2D eigenvalue weighted by Crippen LogP contribution is 2.40. The molecule has 0 bridgehead atoms. The lowest BCUT2D eigenvalue weighted by Crippen LogP contribution is -2.32. The molecule has 1 aliphatic heterocycles. The third kappa shape index (κ3) is 3.62. The van der Waals surface area contributed by atoms with Gasteiger partial charge in [0.05, 0.1) is 11.6 Å². The first-order valence-electron chi connectivity index (χ1n) is 9.70. The Hall–Kier alpha value is -3.73. The number of rotatable bonds is 5. The molecule has 4 rings (SSSR count). The van der Waals surface area contributed by atoms with Gasteiger partial charge in [-0.25, -0.2) is 4.39 Å². The number of ketones is 1. The molecule has 0 aliphatic carbocycles. The summed E-state index contributed by atoms with van der Waals surface area (Å²) in [5.74, 6) is -2.38. The summed E-state index contributed by atoms with van der Waals surface area (Å²) >= 11 is 0. The highest BCUT2D eigenvalue weighted by Gasteiger charge is 2.46. The van der Waals surface area contributed by atoms with Crippen LogP contribution in [-0.2, 0) is 16.0 Å². The van der Waals surface area contributed by atoms with E-state index >= 15 is 0 Å². The lowest BCUT2D eigenvalue weighted by Gasteiger charge is -2.25. The van der Waals surface area contributed by atoms with Crippen LogP contribution in [0.1, 0.15) is 22.7 Å². The average molecular weight is 401 g/mol. The van der Waals surface area contributed by atoms with Crippen LogP contribution < -0.4 is 0 Å². The second-order valence-corrected chi connectivity index (χ2v) is 7.12. The van der Waals surface area contributed by atoms with E-state index < -0.39 is 23.5 Å². The third-order valence-corrected chi connectivity index (χ3v) is 5.27. The van der Waals surface area contributed by atoms with Crippen LogP contribution in [0.5, 0.6) is 0 Å². The molecule has 1 unspecified atom stereocenters. The third-order valence-electron chi connectivity index (χ3n) is 5.27. The van der Waals surface area contributed by atoms with E-state index in [9.17, 15) is 19.1 Å². The van der Waals surface area contributed by atoms with Crippen LogP contribution >= 0.6 is 0 Å². The van der Waals surface area contributed by atoms with Gasteiger partial charge >= 0.3 is 0 Å². The van der Waals surface area contributed by atoms with Gasteiger partial charge in [0, 0.05) is 17.7 Å². The van der Waals surface area contributed by atoms with Crippen LogP contribution in [0.4, 0.5) is 4.39 Å². The number of amides is 1. The van der Waals surface area contributed by atoms with Crippen LogP contribution in [0.2, 0.25) is 0 Å². The summed E-state index contributed by atoms with van der Waals surface area (Å²) in [4.78, 5) is 27.1. The van der Waals surface area contributed by atoms with E-state index in [4.69, 9.17) is 0 Å². The summed E-state index contributed by atoms with van der Waals surface area (Å²) in [5, 5.41) is 10.9. The van der Waals surface area contributed by atoms with Crippen molar-refractivity contribution in [1.29, 1.82) is 0 Å². The molecule has 1 saturated heterocycles.